The van der Waals surface area contributed by atoms with Crippen LogP contribution in [0.5, 0.6) is 0 Å². The van der Waals surface area contributed by atoms with E-state index in [0.29, 0.717) is 19.0 Å². The van der Waals surface area contributed by atoms with Gasteiger partial charge < -0.3 is 11.1 Å². The predicted molar refractivity (Wildman–Crippen MR) is 82.3 cm³/mol. The molecule has 0 aliphatic carbocycles. The summed E-state index contributed by atoms with van der Waals surface area (Å²) < 4.78 is 0. The van der Waals surface area contributed by atoms with Crippen molar-refractivity contribution in [2.75, 3.05) is 25.0 Å². The fourth-order valence-corrected chi connectivity index (χ4v) is 2.76. The summed E-state index contributed by atoms with van der Waals surface area (Å²) in [4.78, 5) is 14.4. The zero-order chi connectivity index (χ0) is 14.5. The van der Waals surface area contributed by atoms with Gasteiger partial charge in [-0.15, -0.1) is 0 Å². The standard InChI is InChI=1S/C16H25N3O/c1-12(2)14-7-8-19(10-14)11-16(20)18-15-6-4-3-5-13(15)9-17/h3-6,12,14H,7-11,17H2,1-2H3,(H,18,20). The van der Waals surface area contributed by atoms with Gasteiger partial charge >= 0.3 is 0 Å². The molecule has 4 heteroatoms. The van der Waals surface area contributed by atoms with E-state index in [1.54, 1.807) is 0 Å². The number of likely N-dealkylation sites (tertiary alicyclic amines) is 1. The number of hydrogen-bond donors (Lipinski definition) is 2. The number of nitrogens with one attached hydrogen (secondary N) is 1. The Balaban J connectivity index is 1.87. The van der Waals surface area contributed by atoms with Crippen LogP contribution in [0.4, 0.5) is 5.69 Å². The fourth-order valence-electron chi connectivity index (χ4n) is 2.76. The first kappa shape index (κ1) is 15.0. The molecule has 0 radical (unpaired) electrons. The van der Waals surface area contributed by atoms with Crippen molar-refractivity contribution < 1.29 is 4.79 Å². The van der Waals surface area contributed by atoms with E-state index >= 15 is 0 Å². The first-order valence-electron chi connectivity index (χ1n) is 7.40. The molecule has 2 rings (SSSR count). The Morgan fingerprint density at radius 3 is 2.85 bits per heavy atom. The van der Waals surface area contributed by atoms with Gasteiger partial charge in [-0.05, 0) is 36.4 Å². The maximum Gasteiger partial charge on any atom is 0.238 e. The van der Waals surface area contributed by atoms with Crippen molar-refractivity contribution in [3.63, 3.8) is 0 Å². The van der Waals surface area contributed by atoms with E-state index in [0.717, 1.165) is 30.3 Å². The van der Waals surface area contributed by atoms with Gasteiger partial charge in [0.25, 0.3) is 0 Å². The van der Waals surface area contributed by atoms with E-state index in [1.807, 2.05) is 24.3 Å². The Morgan fingerprint density at radius 2 is 2.20 bits per heavy atom. The van der Waals surface area contributed by atoms with Crippen LogP contribution in [0, 0.1) is 11.8 Å². The van der Waals surface area contributed by atoms with E-state index in [1.165, 1.54) is 6.42 Å². The van der Waals surface area contributed by atoms with Gasteiger partial charge in [0.05, 0.1) is 6.54 Å². The molecule has 1 aromatic carbocycles. The number of carbonyl (C=O) groups excluding carboxylic acids is 1. The van der Waals surface area contributed by atoms with Gasteiger partial charge in [-0.1, -0.05) is 32.0 Å². The van der Waals surface area contributed by atoms with E-state index in [2.05, 4.69) is 24.1 Å². The number of amides is 1. The van der Waals surface area contributed by atoms with Gasteiger partial charge in [0.15, 0.2) is 0 Å². The number of nitrogens with two attached hydrogens (primary N) is 1. The van der Waals surface area contributed by atoms with E-state index in [9.17, 15) is 4.79 Å². The van der Waals surface area contributed by atoms with Crippen molar-refractivity contribution in [2.24, 2.45) is 17.6 Å². The van der Waals surface area contributed by atoms with E-state index < -0.39 is 0 Å². The summed E-state index contributed by atoms with van der Waals surface area (Å²) in [5.74, 6) is 1.47. The molecule has 1 amide bonds. The maximum absolute atomic E-state index is 12.1. The Bertz CT molecular complexity index is 459. The Hall–Kier alpha value is -1.39. The van der Waals surface area contributed by atoms with Crippen LogP contribution < -0.4 is 11.1 Å². The molecule has 1 aliphatic heterocycles. The number of benzene rings is 1. The second-order valence-corrected chi connectivity index (χ2v) is 5.94. The van der Waals surface area contributed by atoms with Crippen molar-refractivity contribution in [1.29, 1.82) is 0 Å². The molecular weight excluding hydrogens is 250 g/mol. The van der Waals surface area contributed by atoms with Gasteiger partial charge in [-0.25, -0.2) is 0 Å². The van der Waals surface area contributed by atoms with Crippen LogP contribution in [-0.4, -0.2) is 30.4 Å². The number of anilines is 1. The van der Waals surface area contributed by atoms with Crippen molar-refractivity contribution in [2.45, 2.75) is 26.8 Å². The van der Waals surface area contributed by atoms with Crippen LogP contribution in [-0.2, 0) is 11.3 Å². The summed E-state index contributed by atoms with van der Waals surface area (Å²) in [7, 11) is 0. The molecule has 110 valence electrons. The van der Waals surface area contributed by atoms with Crippen LogP contribution in [0.25, 0.3) is 0 Å². The molecule has 0 saturated carbocycles. The summed E-state index contributed by atoms with van der Waals surface area (Å²) >= 11 is 0. The predicted octanol–water partition coefficient (Wildman–Crippen LogP) is 2.06. The highest BCUT2D eigenvalue weighted by molar-refractivity contribution is 5.93. The molecule has 0 aromatic heterocycles. The van der Waals surface area contributed by atoms with Crippen LogP contribution in [0.1, 0.15) is 25.8 Å². The van der Waals surface area contributed by atoms with Crippen LogP contribution in [0.15, 0.2) is 24.3 Å². The number of hydrogen-bond acceptors (Lipinski definition) is 3. The van der Waals surface area contributed by atoms with Gasteiger partial charge in [-0.3, -0.25) is 9.69 Å². The number of carbonyl (C=O) groups is 1. The summed E-state index contributed by atoms with van der Waals surface area (Å²) in [6, 6.07) is 7.70. The molecule has 1 aromatic rings. The van der Waals surface area contributed by atoms with Gasteiger partial charge in [0, 0.05) is 18.8 Å². The highest BCUT2D eigenvalue weighted by Crippen LogP contribution is 2.23. The van der Waals surface area contributed by atoms with E-state index in [-0.39, 0.29) is 5.91 Å². The average Bonchev–Trinajstić information content (AvgIpc) is 2.88. The van der Waals surface area contributed by atoms with Crippen molar-refractivity contribution in [3.8, 4) is 0 Å². The zero-order valence-corrected chi connectivity index (χ0v) is 12.4. The van der Waals surface area contributed by atoms with Crippen molar-refractivity contribution in [3.05, 3.63) is 29.8 Å². The molecule has 1 heterocycles. The smallest absolute Gasteiger partial charge is 0.238 e. The van der Waals surface area contributed by atoms with Crippen LogP contribution in [0.3, 0.4) is 0 Å². The van der Waals surface area contributed by atoms with Crippen LogP contribution >= 0.6 is 0 Å². The Kier molecular flexibility index (Phi) is 5.15. The molecule has 0 spiro atoms. The third-order valence-corrected chi connectivity index (χ3v) is 4.13. The summed E-state index contributed by atoms with van der Waals surface area (Å²) in [6.07, 6.45) is 1.20. The monoisotopic (exact) mass is 275 g/mol. The number of nitrogens with zero attached hydrogens (tertiary/aromatic N) is 1. The summed E-state index contributed by atoms with van der Waals surface area (Å²) in [5.41, 5.74) is 7.49. The fraction of sp³-hybridized carbons (Fsp3) is 0.562. The highest BCUT2D eigenvalue weighted by Gasteiger charge is 2.26. The van der Waals surface area contributed by atoms with Crippen molar-refractivity contribution >= 4 is 11.6 Å². The molecule has 0 bridgehead atoms. The second kappa shape index (κ2) is 6.86. The highest BCUT2D eigenvalue weighted by atomic mass is 16.2. The topological polar surface area (TPSA) is 58.4 Å². The Morgan fingerprint density at radius 1 is 1.45 bits per heavy atom. The van der Waals surface area contributed by atoms with Crippen molar-refractivity contribution in [1.82, 2.24) is 4.90 Å². The average molecular weight is 275 g/mol. The molecule has 1 saturated heterocycles. The molecule has 3 N–H and O–H groups in total. The third-order valence-electron chi connectivity index (χ3n) is 4.13. The lowest BCUT2D eigenvalue weighted by molar-refractivity contribution is -0.117. The minimum Gasteiger partial charge on any atom is -0.326 e. The van der Waals surface area contributed by atoms with Gasteiger partial charge in [0.2, 0.25) is 5.91 Å². The first-order chi connectivity index (χ1) is 9.60. The quantitative estimate of drug-likeness (QED) is 0.865. The van der Waals surface area contributed by atoms with Crippen LogP contribution in [0.2, 0.25) is 0 Å². The molecule has 1 atom stereocenters. The SMILES string of the molecule is CC(C)C1CCN(CC(=O)Nc2ccccc2CN)C1. The van der Waals surface area contributed by atoms with E-state index in [4.69, 9.17) is 5.73 Å². The molecule has 4 nitrogen and oxygen atoms in total. The lowest BCUT2D eigenvalue weighted by Crippen LogP contribution is -2.32. The first-order valence-corrected chi connectivity index (χ1v) is 7.40. The Labute approximate surface area is 121 Å². The largest absolute Gasteiger partial charge is 0.326 e. The summed E-state index contributed by atoms with van der Waals surface area (Å²) in [6.45, 7) is 7.48. The molecule has 20 heavy (non-hydrogen) atoms. The van der Waals surface area contributed by atoms with Gasteiger partial charge in [-0.2, -0.15) is 0 Å². The molecular formula is C16H25N3O. The number of rotatable bonds is 5. The summed E-state index contributed by atoms with van der Waals surface area (Å²) in [5, 5.41) is 2.97. The van der Waals surface area contributed by atoms with Gasteiger partial charge in [0.1, 0.15) is 0 Å². The third kappa shape index (κ3) is 3.81. The number of para-hydroxylation sites is 1. The lowest BCUT2D eigenvalue weighted by atomic mass is 9.95. The second-order valence-electron chi connectivity index (χ2n) is 5.94. The molecule has 1 aliphatic rings. The lowest BCUT2D eigenvalue weighted by Gasteiger charge is -2.18. The normalized spacial score (nSPS) is 19.5. The maximum atomic E-state index is 12.1. The molecule has 1 unspecified atom stereocenters. The minimum atomic E-state index is 0.0512. The molecule has 1 fully saturated rings. The zero-order valence-electron chi connectivity index (χ0n) is 12.4. The minimum absolute atomic E-state index is 0.0512.